The molecule has 2 saturated heterocycles. The summed E-state index contributed by atoms with van der Waals surface area (Å²) < 4.78 is 18.9. The topological polar surface area (TPSA) is 61.5 Å². The van der Waals surface area contributed by atoms with Gasteiger partial charge in [-0.25, -0.2) is 4.39 Å². The molecule has 1 aromatic rings. The fourth-order valence-electron chi connectivity index (χ4n) is 4.55. The van der Waals surface area contributed by atoms with Crippen LogP contribution in [-0.4, -0.2) is 64.8 Å². The van der Waals surface area contributed by atoms with E-state index in [4.69, 9.17) is 16.3 Å². The zero-order valence-corrected chi connectivity index (χ0v) is 17.8. The summed E-state index contributed by atoms with van der Waals surface area (Å²) in [5.41, 5.74) is 3.51. The van der Waals surface area contributed by atoms with Gasteiger partial charge in [-0.15, -0.1) is 0 Å². The van der Waals surface area contributed by atoms with Crippen molar-refractivity contribution in [1.82, 2.24) is 20.0 Å². The van der Waals surface area contributed by atoms with Gasteiger partial charge in [0.15, 0.2) is 5.69 Å². The molecular weight excluding hydrogens is 395 g/mol. The molecule has 0 atom stereocenters. The third kappa shape index (κ3) is 4.00. The normalized spacial score (nSPS) is 22.9. The van der Waals surface area contributed by atoms with Gasteiger partial charge in [-0.3, -0.25) is 14.8 Å². The summed E-state index contributed by atoms with van der Waals surface area (Å²) in [5.74, 6) is -0.191. The lowest BCUT2D eigenvalue weighted by Gasteiger charge is -2.39. The third-order valence-corrected chi connectivity index (χ3v) is 6.87. The Morgan fingerprint density at radius 1 is 1.31 bits per heavy atom. The number of hydrogen-bond acceptors (Lipinski definition) is 4. The van der Waals surface area contributed by atoms with Crippen LogP contribution >= 0.6 is 11.6 Å². The van der Waals surface area contributed by atoms with Crippen molar-refractivity contribution >= 4 is 17.5 Å². The van der Waals surface area contributed by atoms with E-state index in [1.165, 1.54) is 6.92 Å². The lowest BCUT2D eigenvalue weighted by Crippen LogP contribution is -2.50. The van der Waals surface area contributed by atoms with Gasteiger partial charge in [-0.05, 0) is 44.6 Å². The van der Waals surface area contributed by atoms with Gasteiger partial charge in [0.1, 0.15) is 5.83 Å². The second-order valence-electron chi connectivity index (χ2n) is 8.10. The number of carbonyl (C=O) groups excluding carboxylic acids is 1. The fourth-order valence-corrected chi connectivity index (χ4v) is 4.81. The number of amides is 1. The Balaban J connectivity index is 1.40. The summed E-state index contributed by atoms with van der Waals surface area (Å²) >= 11 is 6.15. The molecule has 8 heteroatoms. The molecule has 3 aliphatic heterocycles. The van der Waals surface area contributed by atoms with Crippen molar-refractivity contribution in [1.29, 1.82) is 0 Å². The lowest BCUT2D eigenvalue weighted by atomic mass is 9.88. The molecule has 0 bridgehead atoms. The SMILES string of the molecule is CC=C(C(Cl)=C(C)F)C1CCN(C(=O)c2n[nH]c3c2CCN(C2COC2)C3)CC1. The highest BCUT2D eigenvalue weighted by atomic mass is 35.5. The number of H-pyrrole nitrogens is 1. The largest absolute Gasteiger partial charge is 0.378 e. The first-order chi connectivity index (χ1) is 14.0. The first-order valence-electron chi connectivity index (χ1n) is 10.3. The van der Waals surface area contributed by atoms with E-state index in [0.29, 0.717) is 24.8 Å². The molecule has 158 valence electrons. The van der Waals surface area contributed by atoms with Crippen molar-refractivity contribution in [3.05, 3.63) is 39.5 Å². The molecule has 6 nitrogen and oxygen atoms in total. The van der Waals surface area contributed by atoms with Crippen LogP contribution in [0, 0.1) is 5.92 Å². The molecule has 0 unspecified atom stereocenters. The molecule has 0 aliphatic carbocycles. The Morgan fingerprint density at radius 3 is 2.62 bits per heavy atom. The van der Waals surface area contributed by atoms with Crippen LogP contribution in [0.25, 0.3) is 0 Å². The molecule has 1 amide bonds. The van der Waals surface area contributed by atoms with Gasteiger partial charge in [0.05, 0.1) is 30.0 Å². The minimum Gasteiger partial charge on any atom is -0.378 e. The van der Waals surface area contributed by atoms with E-state index in [0.717, 1.165) is 62.4 Å². The van der Waals surface area contributed by atoms with Crippen molar-refractivity contribution in [3.8, 4) is 0 Å². The van der Waals surface area contributed by atoms with Crippen LogP contribution < -0.4 is 0 Å². The Morgan fingerprint density at radius 2 is 2.03 bits per heavy atom. The van der Waals surface area contributed by atoms with Crippen LogP contribution in [0.3, 0.4) is 0 Å². The van der Waals surface area contributed by atoms with Crippen LogP contribution in [0.15, 0.2) is 22.5 Å². The minimum absolute atomic E-state index is 0.00767. The first-order valence-corrected chi connectivity index (χ1v) is 10.7. The van der Waals surface area contributed by atoms with Gasteiger partial charge in [-0.2, -0.15) is 5.10 Å². The number of hydrogen-bond donors (Lipinski definition) is 1. The average Bonchev–Trinajstić information content (AvgIpc) is 3.10. The zero-order chi connectivity index (χ0) is 20.5. The summed E-state index contributed by atoms with van der Waals surface area (Å²) in [7, 11) is 0. The monoisotopic (exact) mass is 422 g/mol. The van der Waals surface area contributed by atoms with Gasteiger partial charge in [0.2, 0.25) is 0 Å². The Hall–Kier alpha value is -1.70. The average molecular weight is 423 g/mol. The molecule has 0 spiro atoms. The molecule has 0 radical (unpaired) electrons. The number of allylic oxidation sites excluding steroid dienone is 4. The predicted molar refractivity (Wildman–Crippen MR) is 109 cm³/mol. The Bertz CT molecular complexity index is 834. The van der Waals surface area contributed by atoms with Gasteiger partial charge in [-0.1, -0.05) is 17.7 Å². The number of likely N-dealkylation sites (tertiary alicyclic amines) is 1. The number of fused-ring (bicyclic) bond motifs is 1. The summed E-state index contributed by atoms with van der Waals surface area (Å²) in [6.07, 6.45) is 4.27. The Kier molecular flexibility index (Phi) is 6.08. The minimum atomic E-state index is -0.357. The molecule has 4 rings (SSSR count). The quantitative estimate of drug-likeness (QED) is 0.755. The van der Waals surface area contributed by atoms with Crippen LogP contribution in [-0.2, 0) is 17.7 Å². The van der Waals surface area contributed by atoms with Crippen molar-refractivity contribution in [3.63, 3.8) is 0 Å². The summed E-state index contributed by atoms with van der Waals surface area (Å²) in [4.78, 5) is 17.4. The maximum atomic E-state index is 13.6. The maximum Gasteiger partial charge on any atom is 0.274 e. The number of rotatable bonds is 4. The van der Waals surface area contributed by atoms with E-state index >= 15 is 0 Å². The Labute approximate surface area is 175 Å². The van der Waals surface area contributed by atoms with Crippen molar-refractivity contribution in [2.45, 2.75) is 45.7 Å². The first kappa shape index (κ1) is 20.6. The number of nitrogens with one attached hydrogen (secondary N) is 1. The highest BCUT2D eigenvalue weighted by molar-refractivity contribution is 6.32. The number of aromatic nitrogens is 2. The molecule has 2 fully saturated rings. The van der Waals surface area contributed by atoms with Crippen molar-refractivity contribution < 1.29 is 13.9 Å². The number of aromatic amines is 1. The summed E-state index contributed by atoms with van der Waals surface area (Å²) in [6.45, 7) is 7.83. The van der Waals surface area contributed by atoms with Gasteiger partial charge in [0.25, 0.3) is 5.91 Å². The van der Waals surface area contributed by atoms with Crippen molar-refractivity contribution in [2.24, 2.45) is 5.92 Å². The molecular formula is C21H28ClFN4O2. The van der Waals surface area contributed by atoms with Gasteiger partial charge < -0.3 is 9.64 Å². The van der Waals surface area contributed by atoms with Crippen LogP contribution in [0.2, 0.25) is 0 Å². The van der Waals surface area contributed by atoms with Gasteiger partial charge >= 0.3 is 0 Å². The van der Waals surface area contributed by atoms with E-state index < -0.39 is 0 Å². The van der Waals surface area contributed by atoms with Gasteiger partial charge in [0, 0.05) is 31.7 Å². The molecule has 0 aromatic carbocycles. The molecule has 1 aromatic heterocycles. The number of carbonyl (C=O) groups is 1. The standard InChI is InChI=1S/C21H28ClFN4O2/c1-3-16(19(22)13(2)23)14-4-7-26(8-5-14)21(28)20-17-6-9-27(15-11-29-12-15)10-18(17)24-25-20/h3,14-15H,4-12H2,1-2H3,(H,24,25). The van der Waals surface area contributed by atoms with E-state index in [1.54, 1.807) is 0 Å². The van der Waals surface area contributed by atoms with Crippen LogP contribution in [0.1, 0.15) is 48.4 Å². The molecule has 1 N–H and O–H groups in total. The number of piperidine rings is 1. The maximum absolute atomic E-state index is 13.6. The number of halogens is 2. The van der Waals surface area contributed by atoms with Crippen molar-refractivity contribution in [2.75, 3.05) is 32.8 Å². The highest BCUT2D eigenvalue weighted by Crippen LogP contribution is 2.34. The second-order valence-corrected chi connectivity index (χ2v) is 8.48. The molecule has 4 heterocycles. The molecule has 3 aliphatic rings. The van der Waals surface area contributed by atoms with E-state index in [9.17, 15) is 9.18 Å². The van der Waals surface area contributed by atoms with E-state index in [-0.39, 0.29) is 22.7 Å². The van der Waals surface area contributed by atoms with E-state index in [2.05, 4.69) is 15.1 Å². The smallest absolute Gasteiger partial charge is 0.274 e. The predicted octanol–water partition coefficient (Wildman–Crippen LogP) is 3.40. The molecule has 0 saturated carbocycles. The van der Waals surface area contributed by atoms with Crippen LogP contribution in [0.4, 0.5) is 4.39 Å². The lowest BCUT2D eigenvalue weighted by molar-refractivity contribution is -0.0698. The second kappa shape index (κ2) is 8.58. The van der Waals surface area contributed by atoms with Crippen LogP contribution in [0.5, 0.6) is 0 Å². The molecule has 29 heavy (non-hydrogen) atoms. The summed E-state index contributed by atoms with van der Waals surface area (Å²) in [5, 5.41) is 7.67. The fraction of sp³-hybridized carbons (Fsp3) is 0.619. The van der Waals surface area contributed by atoms with E-state index in [1.807, 2.05) is 17.9 Å². The number of ether oxygens (including phenoxy) is 1. The number of nitrogens with zero attached hydrogens (tertiary/aromatic N) is 3. The highest BCUT2D eigenvalue weighted by Gasteiger charge is 2.34. The summed E-state index contributed by atoms with van der Waals surface area (Å²) in [6, 6.07) is 0.485. The zero-order valence-electron chi connectivity index (χ0n) is 17.0. The third-order valence-electron chi connectivity index (χ3n) is 6.39.